The Kier molecular flexibility index (Phi) is 4.70. The van der Waals surface area contributed by atoms with Gasteiger partial charge in [-0.05, 0) is 18.2 Å². The van der Waals surface area contributed by atoms with Crippen molar-refractivity contribution < 1.29 is 13.9 Å². The molecule has 10 heteroatoms. The second kappa shape index (κ2) is 7.10. The number of amides is 1. The molecular weight excluding hydrogens is 341 g/mol. The molecule has 134 valence electrons. The number of aromatic nitrogens is 3. The number of allylic oxidation sites excluding steroid dienone is 1. The van der Waals surface area contributed by atoms with E-state index < -0.39 is 18.0 Å². The van der Waals surface area contributed by atoms with E-state index in [1.165, 1.54) is 34.3 Å². The van der Waals surface area contributed by atoms with E-state index in [-0.39, 0.29) is 17.9 Å². The van der Waals surface area contributed by atoms with E-state index in [4.69, 9.17) is 15.7 Å². The normalized spacial score (nSPS) is 17.1. The molecule has 0 saturated carbocycles. The average molecular weight is 357 g/mol. The van der Waals surface area contributed by atoms with Crippen molar-refractivity contribution in [2.75, 3.05) is 23.4 Å². The fourth-order valence-electron chi connectivity index (χ4n) is 2.62. The maximum atomic E-state index is 14.4. The molecule has 0 radical (unpaired) electrons. The summed E-state index contributed by atoms with van der Waals surface area (Å²) in [5, 5.41) is 16.2. The molecule has 3 rings (SSSR count). The summed E-state index contributed by atoms with van der Waals surface area (Å²) in [5.74, 6) is -0.556. The van der Waals surface area contributed by atoms with Crippen LogP contribution < -0.4 is 15.5 Å². The SMILES string of the molecule is CN(/C=C(\N)C#N)c1ccc(N2C[C@H](Cn3ccnn3)OC2=O)cc1F. The van der Waals surface area contributed by atoms with Crippen molar-refractivity contribution in [1.29, 1.82) is 5.26 Å². The van der Waals surface area contributed by atoms with Crippen LogP contribution in [0.1, 0.15) is 0 Å². The minimum atomic E-state index is -0.556. The lowest BCUT2D eigenvalue weighted by Crippen LogP contribution is -2.26. The predicted octanol–water partition coefficient (Wildman–Crippen LogP) is 1.20. The van der Waals surface area contributed by atoms with Gasteiger partial charge in [-0.15, -0.1) is 5.10 Å². The molecule has 1 fully saturated rings. The maximum Gasteiger partial charge on any atom is 0.414 e. The fraction of sp³-hybridized carbons (Fsp3) is 0.250. The minimum Gasteiger partial charge on any atom is -0.442 e. The van der Waals surface area contributed by atoms with Gasteiger partial charge in [-0.2, -0.15) is 5.26 Å². The smallest absolute Gasteiger partial charge is 0.414 e. The lowest BCUT2D eigenvalue weighted by atomic mass is 10.2. The van der Waals surface area contributed by atoms with Gasteiger partial charge in [0.05, 0.1) is 30.7 Å². The zero-order chi connectivity index (χ0) is 18.7. The minimum absolute atomic E-state index is 0.0462. The van der Waals surface area contributed by atoms with Crippen LogP contribution in [0.15, 0.2) is 42.5 Å². The van der Waals surface area contributed by atoms with Crippen LogP contribution in [0.3, 0.4) is 0 Å². The third-order valence-corrected chi connectivity index (χ3v) is 3.82. The summed E-state index contributed by atoms with van der Waals surface area (Å²) in [4.78, 5) is 14.8. The first-order valence-electron chi connectivity index (χ1n) is 7.70. The molecule has 2 heterocycles. The van der Waals surface area contributed by atoms with E-state index in [0.29, 0.717) is 12.2 Å². The molecule has 0 aliphatic carbocycles. The second-order valence-electron chi connectivity index (χ2n) is 5.68. The van der Waals surface area contributed by atoms with Gasteiger partial charge in [-0.3, -0.25) is 4.90 Å². The van der Waals surface area contributed by atoms with E-state index >= 15 is 0 Å². The van der Waals surface area contributed by atoms with Gasteiger partial charge in [-0.1, -0.05) is 5.21 Å². The van der Waals surface area contributed by atoms with E-state index in [1.54, 1.807) is 30.1 Å². The lowest BCUT2D eigenvalue weighted by Gasteiger charge is -2.18. The van der Waals surface area contributed by atoms with E-state index in [1.807, 2.05) is 0 Å². The molecular formula is C16H16FN7O2. The summed E-state index contributed by atoms with van der Waals surface area (Å²) >= 11 is 0. The van der Waals surface area contributed by atoms with Crippen molar-refractivity contribution in [3.63, 3.8) is 0 Å². The number of rotatable bonds is 5. The van der Waals surface area contributed by atoms with Crippen LogP contribution in [0.2, 0.25) is 0 Å². The van der Waals surface area contributed by atoms with Crippen molar-refractivity contribution >= 4 is 17.5 Å². The van der Waals surface area contributed by atoms with Gasteiger partial charge in [0.25, 0.3) is 0 Å². The number of carbonyl (C=O) groups excluding carboxylic acids is 1. The highest BCUT2D eigenvalue weighted by molar-refractivity contribution is 5.90. The third-order valence-electron chi connectivity index (χ3n) is 3.82. The van der Waals surface area contributed by atoms with Gasteiger partial charge >= 0.3 is 6.09 Å². The lowest BCUT2D eigenvalue weighted by molar-refractivity contribution is 0.129. The Bertz CT molecular complexity index is 875. The van der Waals surface area contributed by atoms with Crippen molar-refractivity contribution in [1.82, 2.24) is 15.0 Å². The Balaban J connectivity index is 1.74. The van der Waals surface area contributed by atoms with Crippen molar-refractivity contribution in [2.24, 2.45) is 5.73 Å². The maximum absolute atomic E-state index is 14.4. The van der Waals surface area contributed by atoms with Crippen molar-refractivity contribution in [2.45, 2.75) is 12.6 Å². The summed E-state index contributed by atoms with van der Waals surface area (Å²) in [6, 6.07) is 6.11. The molecule has 1 saturated heterocycles. The van der Waals surface area contributed by atoms with Gasteiger partial charge in [0, 0.05) is 19.4 Å². The quantitative estimate of drug-likeness (QED) is 0.800. The number of nitriles is 1. The molecule has 0 bridgehead atoms. The van der Waals surface area contributed by atoms with Gasteiger partial charge in [0.1, 0.15) is 23.7 Å². The Hall–Kier alpha value is -3.61. The molecule has 9 nitrogen and oxygen atoms in total. The molecule has 1 aromatic heterocycles. The summed E-state index contributed by atoms with van der Waals surface area (Å²) in [5.41, 5.74) is 5.99. The van der Waals surface area contributed by atoms with Crippen LogP contribution >= 0.6 is 0 Å². The number of nitrogens with two attached hydrogens (primary N) is 1. The molecule has 1 amide bonds. The number of cyclic esters (lactones) is 1. The van der Waals surface area contributed by atoms with Gasteiger partial charge in [0.2, 0.25) is 0 Å². The largest absolute Gasteiger partial charge is 0.442 e. The second-order valence-corrected chi connectivity index (χ2v) is 5.68. The zero-order valence-electron chi connectivity index (χ0n) is 13.9. The van der Waals surface area contributed by atoms with Gasteiger partial charge < -0.3 is 15.4 Å². The number of benzene rings is 1. The number of halogens is 1. The third kappa shape index (κ3) is 3.56. The molecule has 1 aromatic carbocycles. The van der Waals surface area contributed by atoms with E-state index in [9.17, 15) is 9.18 Å². The highest BCUT2D eigenvalue weighted by Gasteiger charge is 2.33. The molecule has 1 atom stereocenters. The van der Waals surface area contributed by atoms with Crippen LogP contribution in [0.25, 0.3) is 0 Å². The van der Waals surface area contributed by atoms with Crippen molar-refractivity contribution in [3.05, 3.63) is 48.3 Å². The Morgan fingerprint density at radius 1 is 1.62 bits per heavy atom. The summed E-state index contributed by atoms with van der Waals surface area (Å²) < 4.78 is 21.3. The van der Waals surface area contributed by atoms with E-state index in [2.05, 4.69) is 10.3 Å². The van der Waals surface area contributed by atoms with Gasteiger partial charge in [-0.25, -0.2) is 13.9 Å². The molecule has 0 unspecified atom stereocenters. The summed E-state index contributed by atoms with van der Waals surface area (Å²) in [6.07, 6.45) is 3.56. The Morgan fingerprint density at radius 2 is 2.42 bits per heavy atom. The molecule has 1 aliphatic rings. The standard InChI is InChI=1S/C16H16FN7O2/c1-22(8-11(19)7-18)15-3-2-12(6-14(15)17)24-10-13(26-16(24)25)9-23-5-4-20-21-23/h2-6,8,13H,9-10,19H2,1H3/b11-8-/t13-/m0/s1. The average Bonchev–Trinajstić information content (AvgIpc) is 3.24. The number of ether oxygens (including phenoxy) is 1. The molecule has 2 aromatic rings. The first-order chi connectivity index (χ1) is 12.5. The number of carbonyl (C=O) groups is 1. The van der Waals surface area contributed by atoms with Crippen LogP contribution in [-0.4, -0.2) is 40.8 Å². The topological polar surface area (TPSA) is 113 Å². The zero-order valence-corrected chi connectivity index (χ0v) is 13.9. The van der Waals surface area contributed by atoms with Crippen LogP contribution in [0.4, 0.5) is 20.6 Å². The number of hydrogen-bond donors (Lipinski definition) is 1. The fourth-order valence-corrected chi connectivity index (χ4v) is 2.62. The number of hydrogen-bond acceptors (Lipinski definition) is 7. The van der Waals surface area contributed by atoms with Crippen LogP contribution in [0, 0.1) is 17.1 Å². The summed E-state index contributed by atoms with van der Waals surface area (Å²) in [7, 11) is 1.57. The number of nitrogens with zero attached hydrogens (tertiary/aromatic N) is 6. The predicted molar refractivity (Wildman–Crippen MR) is 90.3 cm³/mol. The first-order valence-corrected chi connectivity index (χ1v) is 7.70. The molecule has 0 spiro atoms. The Labute approximate surface area is 148 Å². The van der Waals surface area contributed by atoms with E-state index in [0.717, 1.165) is 0 Å². The Morgan fingerprint density at radius 3 is 3.08 bits per heavy atom. The summed E-state index contributed by atoms with van der Waals surface area (Å²) in [6.45, 7) is 0.637. The molecule has 1 aliphatic heterocycles. The molecule has 2 N–H and O–H groups in total. The molecule has 26 heavy (non-hydrogen) atoms. The first kappa shape index (κ1) is 17.2. The van der Waals surface area contributed by atoms with Crippen LogP contribution in [0.5, 0.6) is 0 Å². The highest BCUT2D eigenvalue weighted by Crippen LogP contribution is 2.28. The monoisotopic (exact) mass is 357 g/mol. The van der Waals surface area contributed by atoms with Crippen molar-refractivity contribution in [3.8, 4) is 6.07 Å². The number of anilines is 2. The highest BCUT2D eigenvalue weighted by atomic mass is 19.1. The van der Waals surface area contributed by atoms with Gasteiger partial charge in [0.15, 0.2) is 0 Å². The van der Waals surface area contributed by atoms with Crippen LogP contribution in [-0.2, 0) is 11.3 Å².